The van der Waals surface area contributed by atoms with Gasteiger partial charge in [0.05, 0.1) is 8.07 Å². The Balaban J connectivity index is 0. The fourth-order valence-corrected chi connectivity index (χ4v) is 2.50. The van der Waals surface area contributed by atoms with Gasteiger partial charge in [-0.3, -0.25) is 0 Å². The number of rotatable bonds is 3. The predicted octanol–water partition coefficient (Wildman–Crippen LogP) is -1.42. The summed E-state index contributed by atoms with van der Waals surface area (Å²) >= 11 is 0. The van der Waals surface area contributed by atoms with Crippen LogP contribution in [0.3, 0.4) is 0 Å². The fourth-order valence-electron chi connectivity index (χ4n) is 1.05. The number of nitrogens with zero attached hydrogens (tertiary/aromatic N) is 1. The summed E-state index contributed by atoms with van der Waals surface area (Å²) in [6.45, 7) is 8.75. The van der Waals surface area contributed by atoms with Gasteiger partial charge in [-0.05, 0) is 12.8 Å². The van der Waals surface area contributed by atoms with Gasteiger partial charge in [0.2, 0.25) is 0 Å². The average Bonchev–Trinajstić information content (AvgIpc) is 1.81. The Labute approximate surface area is 101 Å². The maximum Gasteiger partial charge on any atom is 1.00 e. The Morgan fingerprint density at radius 1 is 1.21 bits per heavy atom. The molecule has 0 unspecified atom stereocenters. The molecule has 0 aromatic rings. The third-order valence-electron chi connectivity index (χ3n) is 1.45. The molecule has 4 heteroatoms. The number of allylic oxidation sites excluding steroid dienone is 2. The SMILES string of the molecule is CC(/C=C(\[O-])N(C)C)=C\[Si](C)(C)C.[Li+]. The van der Waals surface area contributed by atoms with E-state index in [1.54, 1.807) is 25.1 Å². The second kappa shape index (κ2) is 6.39. The minimum absolute atomic E-state index is 0. The van der Waals surface area contributed by atoms with Crippen LogP contribution in [0.25, 0.3) is 0 Å². The molecular weight excluding hydrogens is 185 g/mol. The Kier molecular flexibility index (Phi) is 7.45. The van der Waals surface area contributed by atoms with E-state index < -0.39 is 8.07 Å². The molecule has 0 radical (unpaired) electrons. The molecule has 0 atom stereocenters. The first-order chi connectivity index (χ1) is 5.72. The molecule has 0 amide bonds. The van der Waals surface area contributed by atoms with Gasteiger partial charge in [-0.25, -0.2) is 0 Å². The Bertz CT molecular complexity index is 229. The molecule has 0 aliphatic carbocycles. The molecule has 0 saturated heterocycles. The summed E-state index contributed by atoms with van der Waals surface area (Å²) in [7, 11) is 2.34. The molecule has 0 heterocycles. The van der Waals surface area contributed by atoms with E-state index in [4.69, 9.17) is 0 Å². The van der Waals surface area contributed by atoms with Crippen LogP contribution in [-0.4, -0.2) is 27.1 Å². The molecule has 0 aromatic carbocycles. The first kappa shape index (κ1) is 16.3. The summed E-state index contributed by atoms with van der Waals surface area (Å²) < 4.78 is 0. The van der Waals surface area contributed by atoms with Gasteiger partial charge in [-0.2, -0.15) is 0 Å². The van der Waals surface area contributed by atoms with Gasteiger partial charge >= 0.3 is 18.9 Å². The van der Waals surface area contributed by atoms with Crippen molar-refractivity contribution < 1.29 is 24.0 Å². The first-order valence-corrected chi connectivity index (χ1v) is 8.05. The standard InChI is InChI=1S/C10H21NOSi.Li/c1-9(8-13(4,5)6)7-10(12)11(2)3;/h7-8,12H,1-6H3;/q;+1/p-1/b9-8+,10-7-;. The predicted molar refractivity (Wildman–Crippen MR) is 58.9 cm³/mol. The minimum atomic E-state index is -1.19. The smallest absolute Gasteiger partial charge is 0.860 e. The van der Waals surface area contributed by atoms with E-state index in [1.165, 1.54) is 0 Å². The molecule has 0 saturated carbocycles. The monoisotopic (exact) mass is 205 g/mol. The summed E-state index contributed by atoms with van der Waals surface area (Å²) in [5.41, 5.74) is 3.31. The van der Waals surface area contributed by atoms with Gasteiger partial charge in [0.1, 0.15) is 0 Å². The summed E-state index contributed by atoms with van der Waals surface area (Å²) in [6, 6.07) is 0. The van der Waals surface area contributed by atoms with Crippen molar-refractivity contribution in [1.82, 2.24) is 4.90 Å². The summed E-state index contributed by atoms with van der Waals surface area (Å²) in [4.78, 5) is 1.58. The third-order valence-corrected chi connectivity index (χ3v) is 2.77. The van der Waals surface area contributed by atoms with Crippen molar-refractivity contribution in [2.24, 2.45) is 0 Å². The normalized spacial score (nSPS) is 13.6. The van der Waals surface area contributed by atoms with Crippen molar-refractivity contribution in [3.8, 4) is 0 Å². The summed E-state index contributed by atoms with van der Waals surface area (Å²) in [6.07, 6.45) is 1.69. The van der Waals surface area contributed by atoms with Crippen LogP contribution >= 0.6 is 0 Å². The van der Waals surface area contributed by atoms with E-state index in [-0.39, 0.29) is 24.7 Å². The summed E-state index contributed by atoms with van der Waals surface area (Å²) in [5, 5.41) is 11.3. The molecule has 0 aliphatic rings. The Morgan fingerprint density at radius 2 is 1.64 bits per heavy atom. The van der Waals surface area contributed by atoms with Crippen molar-refractivity contribution in [1.29, 1.82) is 0 Å². The van der Waals surface area contributed by atoms with Crippen LogP contribution in [0.2, 0.25) is 19.6 Å². The van der Waals surface area contributed by atoms with E-state index in [0.29, 0.717) is 0 Å². The van der Waals surface area contributed by atoms with Crippen LogP contribution in [-0.2, 0) is 0 Å². The van der Waals surface area contributed by atoms with Gasteiger partial charge in [0, 0.05) is 14.1 Å². The quantitative estimate of drug-likeness (QED) is 0.321. The van der Waals surface area contributed by atoms with Crippen LogP contribution in [0.15, 0.2) is 23.2 Å². The average molecular weight is 205 g/mol. The maximum absolute atomic E-state index is 11.3. The van der Waals surface area contributed by atoms with Crippen LogP contribution in [0.1, 0.15) is 6.92 Å². The first-order valence-electron chi connectivity index (χ1n) is 4.48. The molecule has 0 aliphatic heterocycles. The van der Waals surface area contributed by atoms with Crippen LogP contribution < -0.4 is 24.0 Å². The molecule has 0 rings (SSSR count). The fraction of sp³-hybridized carbons (Fsp3) is 0.600. The summed E-state index contributed by atoms with van der Waals surface area (Å²) in [5.74, 6) is 0.0620. The van der Waals surface area contributed by atoms with Crippen LogP contribution in [0.4, 0.5) is 0 Å². The maximum atomic E-state index is 11.3. The van der Waals surface area contributed by atoms with Crippen molar-refractivity contribution >= 4 is 8.07 Å². The van der Waals surface area contributed by atoms with E-state index in [9.17, 15) is 5.11 Å². The van der Waals surface area contributed by atoms with Gasteiger partial charge in [-0.1, -0.05) is 37.0 Å². The van der Waals surface area contributed by atoms with E-state index in [1.807, 2.05) is 6.92 Å². The molecule has 76 valence electrons. The third kappa shape index (κ3) is 8.49. The van der Waals surface area contributed by atoms with E-state index in [2.05, 4.69) is 25.3 Å². The second-order valence-electron chi connectivity index (χ2n) is 4.63. The second-order valence-corrected chi connectivity index (χ2v) is 9.65. The molecule has 0 N–H and O–H groups in total. The van der Waals surface area contributed by atoms with Gasteiger partial charge in [0.15, 0.2) is 0 Å². The Morgan fingerprint density at radius 3 is 1.93 bits per heavy atom. The molecule has 14 heavy (non-hydrogen) atoms. The molecule has 0 spiro atoms. The van der Waals surface area contributed by atoms with Crippen LogP contribution in [0, 0.1) is 0 Å². The largest absolute Gasteiger partial charge is 1.00 e. The van der Waals surface area contributed by atoms with Crippen molar-refractivity contribution in [2.45, 2.75) is 26.6 Å². The zero-order valence-electron chi connectivity index (χ0n) is 10.5. The molecule has 0 aromatic heterocycles. The topological polar surface area (TPSA) is 26.3 Å². The van der Waals surface area contributed by atoms with Gasteiger partial charge < -0.3 is 10.0 Å². The number of hydrogen-bond acceptors (Lipinski definition) is 2. The zero-order chi connectivity index (χ0) is 10.6. The Hall–Kier alpha value is -0.106. The van der Waals surface area contributed by atoms with E-state index >= 15 is 0 Å². The van der Waals surface area contributed by atoms with Crippen molar-refractivity contribution in [3.63, 3.8) is 0 Å². The zero-order valence-corrected chi connectivity index (χ0v) is 11.5. The van der Waals surface area contributed by atoms with Crippen LogP contribution in [0.5, 0.6) is 0 Å². The van der Waals surface area contributed by atoms with Crippen molar-refractivity contribution in [3.05, 3.63) is 23.2 Å². The van der Waals surface area contributed by atoms with E-state index in [0.717, 1.165) is 5.57 Å². The minimum Gasteiger partial charge on any atom is -0.860 e. The van der Waals surface area contributed by atoms with Crippen molar-refractivity contribution in [2.75, 3.05) is 14.1 Å². The molecule has 2 nitrogen and oxygen atoms in total. The van der Waals surface area contributed by atoms with Gasteiger partial charge in [-0.15, -0.1) is 0 Å². The molecule has 0 bridgehead atoms. The van der Waals surface area contributed by atoms with Gasteiger partial charge in [0.25, 0.3) is 0 Å². The molecule has 0 fully saturated rings. The molecular formula is C10H20LiNOSi. The number of hydrogen-bond donors (Lipinski definition) is 0.